The number of phenols is 1. The third kappa shape index (κ3) is 6.40. The third-order valence-electron chi connectivity index (χ3n) is 5.23. The van der Waals surface area contributed by atoms with Gasteiger partial charge in [0.2, 0.25) is 0 Å². The minimum Gasteiger partial charge on any atom is -0.508 e. The van der Waals surface area contributed by atoms with E-state index in [4.69, 9.17) is 16.3 Å². The van der Waals surface area contributed by atoms with E-state index in [1.807, 2.05) is 48.5 Å². The molecule has 4 aromatic rings. The second-order valence-corrected chi connectivity index (χ2v) is 8.13. The zero-order valence-corrected chi connectivity index (χ0v) is 19.5. The topological polar surface area (TPSA) is 87.7 Å². The molecule has 0 spiro atoms. The fourth-order valence-electron chi connectivity index (χ4n) is 3.42. The Morgan fingerprint density at radius 1 is 0.800 bits per heavy atom. The summed E-state index contributed by atoms with van der Waals surface area (Å²) >= 11 is 6.21. The number of halogens is 1. The van der Waals surface area contributed by atoms with Gasteiger partial charge in [0.05, 0.1) is 11.3 Å². The van der Waals surface area contributed by atoms with Gasteiger partial charge in [-0.05, 0) is 72.6 Å². The molecule has 35 heavy (non-hydrogen) atoms. The molecule has 7 heteroatoms. The zero-order valence-electron chi connectivity index (χ0n) is 18.7. The van der Waals surface area contributed by atoms with Crippen molar-refractivity contribution in [3.8, 4) is 17.2 Å². The van der Waals surface area contributed by atoms with Gasteiger partial charge in [-0.1, -0.05) is 48.0 Å². The number of phenolic OH excluding ortho intramolecular Hbond substituents is 1. The predicted molar refractivity (Wildman–Crippen MR) is 137 cm³/mol. The Morgan fingerprint density at radius 2 is 1.51 bits per heavy atom. The van der Waals surface area contributed by atoms with Crippen LogP contribution in [0.3, 0.4) is 0 Å². The average Bonchev–Trinajstić information content (AvgIpc) is 2.87. The van der Waals surface area contributed by atoms with E-state index in [1.165, 1.54) is 24.3 Å². The summed E-state index contributed by atoms with van der Waals surface area (Å²) in [6.07, 6.45) is 0.556. The molecule has 4 rings (SSSR count). The van der Waals surface area contributed by atoms with E-state index >= 15 is 0 Å². The van der Waals surface area contributed by atoms with Gasteiger partial charge >= 0.3 is 0 Å². The number of anilines is 1. The van der Waals surface area contributed by atoms with Crippen LogP contribution in [0.15, 0.2) is 97.1 Å². The molecule has 0 saturated heterocycles. The van der Waals surface area contributed by atoms with Crippen LogP contribution in [0.4, 0.5) is 5.69 Å². The molecule has 0 aliphatic heterocycles. The normalized spacial score (nSPS) is 10.4. The van der Waals surface area contributed by atoms with Crippen molar-refractivity contribution >= 4 is 29.1 Å². The molecule has 0 radical (unpaired) electrons. The summed E-state index contributed by atoms with van der Waals surface area (Å²) in [6, 6.07) is 27.4. The molecule has 0 bridgehead atoms. The van der Waals surface area contributed by atoms with E-state index in [0.29, 0.717) is 40.7 Å². The zero-order chi connectivity index (χ0) is 24.6. The van der Waals surface area contributed by atoms with Crippen LogP contribution in [0.5, 0.6) is 17.2 Å². The summed E-state index contributed by atoms with van der Waals surface area (Å²) in [5.41, 5.74) is 1.86. The van der Waals surface area contributed by atoms with Crippen LogP contribution >= 0.6 is 11.6 Å². The largest absolute Gasteiger partial charge is 0.508 e. The van der Waals surface area contributed by atoms with Crippen molar-refractivity contribution in [3.63, 3.8) is 0 Å². The van der Waals surface area contributed by atoms with Crippen LogP contribution in [0.2, 0.25) is 5.02 Å². The van der Waals surface area contributed by atoms with Gasteiger partial charge in [-0.3, -0.25) is 9.59 Å². The van der Waals surface area contributed by atoms with E-state index in [1.54, 1.807) is 24.3 Å². The van der Waals surface area contributed by atoms with Gasteiger partial charge in [0.1, 0.15) is 17.2 Å². The van der Waals surface area contributed by atoms with Crippen molar-refractivity contribution in [3.05, 3.63) is 119 Å². The van der Waals surface area contributed by atoms with E-state index in [0.717, 1.165) is 5.56 Å². The van der Waals surface area contributed by atoms with Crippen molar-refractivity contribution in [2.75, 3.05) is 11.9 Å². The Kier molecular flexibility index (Phi) is 7.65. The molecule has 4 aromatic carbocycles. The molecule has 0 atom stereocenters. The SMILES string of the molecule is O=C(Nc1ccc(Oc2ccccc2)cc1C(=O)NCCc1ccccc1Cl)c1ccc(O)cc1. The molecular weight excluding hydrogens is 464 g/mol. The maximum Gasteiger partial charge on any atom is 0.255 e. The number of rotatable bonds is 8. The predicted octanol–water partition coefficient (Wildman–Crippen LogP) is 6.06. The van der Waals surface area contributed by atoms with Gasteiger partial charge in [-0.15, -0.1) is 0 Å². The Balaban J connectivity index is 1.54. The summed E-state index contributed by atoms with van der Waals surface area (Å²) in [4.78, 5) is 25.9. The summed E-state index contributed by atoms with van der Waals surface area (Å²) in [5.74, 6) is 0.361. The van der Waals surface area contributed by atoms with Crippen molar-refractivity contribution < 1.29 is 19.4 Å². The lowest BCUT2D eigenvalue weighted by molar-refractivity contribution is 0.0954. The highest BCUT2D eigenvalue weighted by Crippen LogP contribution is 2.27. The molecule has 176 valence electrons. The van der Waals surface area contributed by atoms with Crippen LogP contribution < -0.4 is 15.4 Å². The second kappa shape index (κ2) is 11.2. The minimum atomic E-state index is -0.410. The lowest BCUT2D eigenvalue weighted by Crippen LogP contribution is -2.27. The lowest BCUT2D eigenvalue weighted by Gasteiger charge is -2.14. The quantitative estimate of drug-likeness (QED) is 0.282. The smallest absolute Gasteiger partial charge is 0.255 e. The number of aromatic hydroxyl groups is 1. The number of ether oxygens (including phenoxy) is 1. The van der Waals surface area contributed by atoms with Crippen molar-refractivity contribution in [1.29, 1.82) is 0 Å². The monoisotopic (exact) mass is 486 g/mol. The standard InChI is InChI=1S/C28H23ClN2O4/c29-25-9-5-4-6-19(25)16-17-30-28(34)24-18-23(35-22-7-2-1-3-8-22)14-15-26(24)31-27(33)20-10-12-21(32)13-11-20/h1-15,18,32H,16-17H2,(H,30,34)(H,31,33). The first-order valence-electron chi connectivity index (χ1n) is 11.0. The maximum absolute atomic E-state index is 13.1. The van der Waals surface area contributed by atoms with Gasteiger partial charge < -0.3 is 20.5 Å². The van der Waals surface area contributed by atoms with Crippen LogP contribution in [0, 0.1) is 0 Å². The first kappa shape index (κ1) is 23.9. The summed E-state index contributed by atoms with van der Waals surface area (Å²) in [7, 11) is 0. The average molecular weight is 487 g/mol. The highest BCUT2D eigenvalue weighted by Gasteiger charge is 2.16. The minimum absolute atomic E-state index is 0.0579. The molecule has 3 N–H and O–H groups in total. The van der Waals surface area contributed by atoms with Crippen LogP contribution in [0.1, 0.15) is 26.3 Å². The molecule has 0 saturated carbocycles. The third-order valence-corrected chi connectivity index (χ3v) is 5.60. The van der Waals surface area contributed by atoms with Gasteiger partial charge in [0.25, 0.3) is 11.8 Å². The Bertz CT molecular complexity index is 1320. The summed E-state index contributed by atoms with van der Waals surface area (Å²) < 4.78 is 5.88. The number of amides is 2. The van der Waals surface area contributed by atoms with Crippen molar-refractivity contribution in [2.45, 2.75) is 6.42 Å². The second-order valence-electron chi connectivity index (χ2n) is 7.72. The number of benzene rings is 4. The molecule has 0 aliphatic rings. The molecule has 0 aliphatic carbocycles. The number of para-hydroxylation sites is 1. The fraction of sp³-hybridized carbons (Fsp3) is 0.0714. The highest BCUT2D eigenvalue weighted by atomic mass is 35.5. The van der Waals surface area contributed by atoms with Crippen molar-refractivity contribution in [2.24, 2.45) is 0 Å². The molecule has 0 heterocycles. The number of carbonyl (C=O) groups is 2. The summed E-state index contributed by atoms with van der Waals surface area (Å²) in [5, 5.41) is 15.8. The number of carbonyl (C=O) groups excluding carboxylic acids is 2. The Hall–Kier alpha value is -4.29. The number of hydrogen-bond acceptors (Lipinski definition) is 4. The van der Waals surface area contributed by atoms with Gasteiger partial charge in [-0.25, -0.2) is 0 Å². The Morgan fingerprint density at radius 3 is 2.26 bits per heavy atom. The maximum atomic E-state index is 13.1. The van der Waals surface area contributed by atoms with Crippen molar-refractivity contribution in [1.82, 2.24) is 5.32 Å². The first-order chi connectivity index (χ1) is 17.0. The van der Waals surface area contributed by atoms with Crippen LogP contribution in [0.25, 0.3) is 0 Å². The van der Waals surface area contributed by atoms with Gasteiger partial charge in [0.15, 0.2) is 0 Å². The molecule has 0 fully saturated rings. The number of hydrogen-bond donors (Lipinski definition) is 3. The van der Waals surface area contributed by atoms with E-state index in [-0.39, 0.29) is 17.2 Å². The fourth-order valence-corrected chi connectivity index (χ4v) is 3.65. The van der Waals surface area contributed by atoms with Gasteiger partial charge in [-0.2, -0.15) is 0 Å². The highest BCUT2D eigenvalue weighted by molar-refractivity contribution is 6.31. The molecule has 0 aromatic heterocycles. The van der Waals surface area contributed by atoms with E-state index < -0.39 is 5.91 Å². The summed E-state index contributed by atoms with van der Waals surface area (Å²) in [6.45, 7) is 0.359. The van der Waals surface area contributed by atoms with Gasteiger partial charge in [0, 0.05) is 17.1 Å². The van der Waals surface area contributed by atoms with Crippen LogP contribution in [-0.2, 0) is 6.42 Å². The van der Waals surface area contributed by atoms with E-state index in [2.05, 4.69) is 10.6 Å². The molecule has 2 amide bonds. The van der Waals surface area contributed by atoms with Crippen LogP contribution in [-0.4, -0.2) is 23.5 Å². The van der Waals surface area contributed by atoms with E-state index in [9.17, 15) is 14.7 Å². The molecule has 6 nitrogen and oxygen atoms in total. The molecule has 0 unspecified atom stereocenters. The number of nitrogens with one attached hydrogen (secondary N) is 2. The lowest BCUT2D eigenvalue weighted by atomic mass is 10.1. The Labute approximate surface area is 208 Å². The molecular formula is C28H23ClN2O4. The first-order valence-corrected chi connectivity index (χ1v) is 11.4.